The first-order valence-corrected chi connectivity index (χ1v) is 4.42. The van der Waals surface area contributed by atoms with E-state index in [0.29, 0.717) is 13.2 Å². The summed E-state index contributed by atoms with van der Waals surface area (Å²) in [5, 5.41) is 0. The maximum atomic E-state index is 5.42. The van der Waals surface area contributed by atoms with E-state index in [9.17, 15) is 0 Å². The molecule has 0 aliphatic carbocycles. The molecule has 0 N–H and O–H groups in total. The SMILES string of the molecule is CC(C)(C)OP1OCCO1. The largest absolute Gasteiger partial charge is 0.333 e. The Bertz CT molecular complexity index is 104. The van der Waals surface area contributed by atoms with Crippen molar-refractivity contribution in [3.8, 4) is 0 Å². The van der Waals surface area contributed by atoms with Crippen LogP contribution in [0.5, 0.6) is 0 Å². The Morgan fingerprint density at radius 2 is 1.70 bits per heavy atom. The molecule has 1 aliphatic heterocycles. The molecule has 0 saturated carbocycles. The van der Waals surface area contributed by atoms with E-state index in [1.54, 1.807) is 0 Å². The highest BCUT2D eigenvalue weighted by Crippen LogP contribution is 2.46. The van der Waals surface area contributed by atoms with Gasteiger partial charge in [-0.25, -0.2) is 0 Å². The molecule has 1 fully saturated rings. The van der Waals surface area contributed by atoms with Gasteiger partial charge in [-0.15, -0.1) is 0 Å². The molecular formula is C6H13O3P. The Kier molecular flexibility index (Phi) is 2.64. The zero-order valence-corrected chi connectivity index (χ0v) is 7.48. The van der Waals surface area contributed by atoms with Gasteiger partial charge in [-0.2, -0.15) is 0 Å². The fourth-order valence-corrected chi connectivity index (χ4v) is 1.61. The molecule has 0 spiro atoms. The van der Waals surface area contributed by atoms with Gasteiger partial charge in [-0.05, 0) is 20.8 Å². The second-order valence-electron chi connectivity index (χ2n) is 3.09. The smallest absolute Gasteiger partial charge is 0.310 e. The predicted octanol–water partition coefficient (Wildman–Crippen LogP) is 2.08. The van der Waals surface area contributed by atoms with E-state index in [1.807, 2.05) is 20.8 Å². The van der Waals surface area contributed by atoms with Crippen molar-refractivity contribution >= 4 is 8.60 Å². The topological polar surface area (TPSA) is 27.7 Å². The molecule has 0 aromatic carbocycles. The standard InChI is InChI=1S/C6H13O3P/c1-6(2,3)9-10-7-4-5-8-10/h4-5H2,1-3H3. The lowest BCUT2D eigenvalue weighted by molar-refractivity contribution is 0.107. The second-order valence-corrected chi connectivity index (χ2v) is 4.24. The van der Waals surface area contributed by atoms with Crippen LogP contribution in [-0.2, 0) is 13.6 Å². The molecule has 60 valence electrons. The van der Waals surface area contributed by atoms with Crippen molar-refractivity contribution in [2.24, 2.45) is 0 Å². The summed E-state index contributed by atoms with van der Waals surface area (Å²) in [7, 11) is -1.03. The minimum atomic E-state index is -1.03. The molecule has 0 aromatic rings. The fourth-order valence-electron chi connectivity index (χ4n) is 0.537. The summed E-state index contributed by atoms with van der Waals surface area (Å²) < 4.78 is 15.7. The van der Waals surface area contributed by atoms with Crippen molar-refractivity contribution in [1.82, 2.24) is 0 Å². The number of rotatable bonds is 1. The molecule has 0 radical (unpaired) electrons. The first-order valence-electron chi connectivity index (χ1n) is 3.33. The molecule has 1 rings (SSSR count). The summed E-state index contributed by atoms with van der Waals surface area (Å²) >= 11 is 0. The van der Waals surface area contributed by atoms with Gasteiger partial charge < -0.3 is 13.6 Å². The van der Waals surface area contributed by atoms with Crippen LogP contribution in [0.1, 0.15) is 20.8 Å². The van der Waals surface area contributed by atoms with Crippen LogP contribution < -0.4 is 0 Å². The summed E-state index contributed by atoms with van der Waals surface area (Å²) in [5.74, 6) is 0. The Labute approximate surface area is 62.7 Å². The highest BCUT2D eigenvalue weighted by atomic mass is 31.2. The van der Waals surface area contributed by atoms with Crippen LogP contribution in [0.3, 0.4) is 0 Å². The van der Waals surface area contributed by atoms with E-state index in [4.69, 9.17) is 13.6 Å². The quantitative estimate of drug-likeness (QED) is 0.555. The van der Waals surface area contributed by atoms with E-state index in [1.165, 1.54) is 0 Å². The Balaban J connectivity index is 2.24. The summed E-state index contributed by atoms with van der Waals surface area (Å²) in [5.41, 5.74) is -0.157. The first-order chi connectivity index (χ1) is 4.58. The molecule has 0 atom stereocenters. The highest BCUT2D eigenvalue weighted by molar-refractivity contribution is 7.42. The van der Waals surface area contributed by atoms with Gasteiger partial charge in [-0.1, -0.05) is 0 Å². The molecule has 4 heteroatoms. The molecule has 0 amide bonds. The summed E-state index contributed by atoms with van der Waals surface area (Å²) in [6, 6.07) is 0. The molecule has 10 heavy (non-hydrogen) atoms. The average molecular weight is 164 g/mol. The monoisotopic (exact) mass is 164 g/mol. The Morgan fingerprint density at radius 3 is 2.10 bits per heavy atom. The third-order valence-electron chi connectivity index (χ3n) is 0.825. The van der Waals surface area contributed by atoms with Crippen LogP contribution in [0.25, 0.3) is 0 Å². The van der Waals surface area contributed by atoms with Crippen molar-refractivity contribution < 1.29 is 13.6 Å². The van der Waals surface area contributed by atoms with E-state index in [2.05, 4.69) is 0 Å². The van der Waals surface area contributed by atoms with Crippen LogP contribution in [0.2, 0.25) is 0 Å². The van der Waals surface area contributed by atoms with Gasteiger partial charge in [0.1, 0.15) is 0 Å². The minimum Gasteiger partial charge on any atom is -0.310 e. The highest BCUT2D eigenvalue weighted by Gasteiger charge is 2.25. The molecule has 3 nitrogen and oxygen atoms in total. The van der Waals surface area contributed by atoms with Crippen molar-refractivity contribution in [3.05, 3.63) is 0 Å². The molecule has 0 aromatic heterocycles. The minimum absolute atomic E-state index is 0.157. The number of hydrogen-bond acceptors (Lipinski definition) is 3. The van der Waals surface area contributed by atoms with Crippen LogP contribution >= 0.6 is 8.60 Å². The van der Waals surface area contributed by atoms with Crippen molar-refractivity contribution in [2.75, 3.05) is 13.2 Å². The molecule has 1 heterocycles. The Morgan fingerprint density at radius 1 is 1.20 bits per heavy atom. The van der Waals surface area contributed by atoms with Gasteiger partial charge in [0.2, 0.25) is 0 Å². The van der Waals surface area contributed by atoms with E-state index in [-0.39, 0.29) is 5.60 Å². The van der Waals surface area contributed by atoms with Crippen LogP contribution in [-0.4, -0.2) is 18.8 Å². The van der Waals surface area contributed by atoms with Crippen molar-refractivity contribution in [2.45, 2.75) is 26.4 Å². The van der Waals surface area contributed by atoms with Gasteiger partial charge in [0.25, 0.3) is 0 Å². The summed E-state index contributed by atoms with van der Waals surface area (Å²) in [4.78, 5) is 0. The van der Waals surface area contributed by atoms with E-state index < -0.39 is 8.60 Å². The molecule has 1 saturated heterocycles. The van der Waals surface area contributed by atoms with E-state index in [0.717, 1.165) is 0 Å². The third-order valence-corrected chi connectivity index (χ3v) is 2.31. The maximum absolute atomic E-state index is 5.42. The van der Waals surface area contributed by atoms with Crippen molar-refractivity contribution in [3.63, 3.8) is 0 Å². The van der Waals surface area contributed by atoms with E-state index >= 15 is 0 Å². The van der Waals surface area contributed by atoms with Crippen LogP contribution in [0.4, 0.5) is 0 Å². The third kappa shape index (κ3) is 2.93. The van der Waals surface area contributed by atoms with Gasteiger partial charge in [0, 0.05) is 0 Å². The van der Waals surface area contributed by atoms with Crippen LogP contribution in [0.15, 0.2) is 0 Å². The van der Waals surface area contributed by atoms with Crippen LogP contribution in [0, 0.1) is 0 Å². The lowest BCUT2D eigenvalue weighted by atomic mass is 10.2. The normalized spacial score (nSPS) is 21.9. The molecular weight excluding hydrogens is 151 g/mol. The lowest BCUT2D eigenvalue weighted by Gasteiger charge is -2.20. The summed E-state index contributed by atoms with van der Waals surface area (Å²) in [6.07, 6.45) is 0. The fraction of sp³-hybridized carbons (Fsp3) is 1.00. The Hall–Kier alpha value is 0.310. The average Bonchev–Trinajstić information content (AvgIpc) is 2.12. The zero-order chi connectivity index (χ0) is 7.61. The predicted molar refractivity (Wildman–Crippen MR) is 39.7 cm³/mol. The summed E-state index contributed by atoms with van der Waals surface area (Å²) in [6.45, 7) is 7.30. The van der Waals surface area contributed by atoms with Gasteiger partial charge in [0.05, 0.1) is 18.8 Å². The molecule has 1 aliphatic rings. The van der Waals surface area contributed by atoms with Gasteiger partial charge >= 0.3 is 8.60 Å². The maximum Gasteiger partial charge on any atom is 0.333 e. The zero-order valence-electron chi connectivity index (χ0n) is 6.59. The molecule has 0 bridgehead atoms. The lowest BCUT2D eigenvalue weighted by Crippen LogP contribution is -2.15. The van der Waals surface area contributed by atoms with Crippen molar-refractivity contribution in [1.29, 1.82) is 0 Å². The van der Waals surface area contributed by atoms with Gasteiger partial charge in [-0.3, -0.25) is 0 Å². The van der Waals surface area contributed by atoms with Gasteiger partial charge in [0.15, 0.2) is 0 Å². The number of hydrogen-bond donors (Lipinski definition) is 0. The second kappa shape index (κ2) is 3.14. The first kappa shape index (κ1) is 8.41. The molecule has 0 unspecified atom stereocenters.